The van der Waals surface area contributed by atoms with E-state index in [0.29, 0.717) is 10.8 Å². The maximum atomic E-state index is 12.1. The van der Waals surface area contributed by atoms with E-state index in [0.717, 1.165) is 24.9 Å². The number of hydrogen-bond donors (Lipinski definition) is 1. The lowest BCUT2D eigenvalue weighted by Crippen LogP contribution is -2.33. The Bertz CT molecular complexity index is 434. The smallest absolute Gasteiger partial charge is 0.387 e. The topological polar surface area (TPSA) is 21.3 Å². The van der Waals surface area contributed by atoms with Gasteiger partial charge in [-0.15, -0.1) is 0 Å². The second-order valence-electron chi connectivity index (χ2n) is 5.73. The van der Waals surface area contributed by atoms with Gasteiger partial charge in [0.1, 0.15) is 5.75 Å². The fourth-order valence-corrected chi connectivity index (χ4v) is 3.01. The second-order valence-corrected chi connectivity index (χ2v) is 7.00. The van der Waals surface area contributed by atoms with Gasteiger partial charge in [0.2, 0.25) is 0 Å². The molecule has 1 aromatic rings. The minimum Gasteiger partial charge on any atom is -0.435 e. The van der Waals surface area contributed by atoms with E-state index in [1.165, 1.54) is 12.8 Å². The van der Waals surface area contributed by atoms with Crippen molar-refractivity contribution in [1.29, 1.82) is 0 Å². The molecule has 2 nitrogen and oxygen atoms in total. The fraction of sp³-hybridized carbons (Fsp3) is 0.625. The van der Waals surface area contributed by atoms with Gasteiger partial charge in [-0.2, -0.15) is 20.5 Å². The van der Waals surface area contributed by atoms with Crippen molar-refractivity contribution in [2.75, 3.05) is 12.8 Å². The molecule has 1 unspecified atom stereocenters. The molecule has 1 aliphatic carbocycles. The molecule has 1 atom stereocenters. The van der Waals surface area contributed by atoms with E-state index in [1.54, 1.807) is 12.1 Å². The largest absolute Gasteiger partial charge is 0.435 e. The standard InChI is InChI=1S/C16H23F2NOS/c1-12(19-11-16(21-2)9-10-16)3-4-13-5-7-14(8-6-13)20-15(17)18/h5-8,12,15,19H,3-4,9-11H2,1-2H3. The Morgan fingerprint density at radius 3 is 2.48 bits per heavy atom. The molecule has 2 rings (SSSR count). The van der Waals surface area contributed by atoms with Crippen molar-refractivity contribution in [3.63, 3.8) is 0 Å². The zero-order valence-electron chi connectivity index (χ0n) is 12.6. The van der Waals surface area contributed by atoms with Crippen LogP contribution in [-0.4, -0.2) is 30.2 Å². The third-order valence-electron chi connectivity index (χ3n) is 4.03. The van der Waals surface area contributed by atoms with Crippen LogP contribution in [0.2, 0.25) is 0 Å². The van der Waals surface area contributed by atoms with E-state index in [2.05, 4.69) is 23.2 Å². The minimum absolute atomic E-state index is 0.218. The van der Waals surface area contributed by atoms with Crippen LogP contribution < -0.4 is 10.1 Å². The Hall–Kier alpha value is -0.810. The van der Waals surface area contributed by atoms with Crippen LogP contribution in [0, 0.1) is 0 Å². The molecule has 0 heterocycles. The molecule has 1 fully saturated rings. The van der Waals surface area contributed by atoms with Gasteiger partial charge in [0.15, 0.2) is 0 Å². The maximum Gasteiger partial charge on any atom is 0.387 e. The first-order valence-electron chi connectivity index (χ1n) is 7.35. The average molecular weight is 315 g/mol. The SMILES string of the molecule is CSC1(CNC(C)CCc2ccc(OC(F)F)cc2)CC1. The van der Waals surface area contributed by atoms with Gasteiger partial charge in [-0.05, 0) is 56.6 Å². The summed E-state index contributed by atoms with van der Waals surface area (Å²) >= 11 is 1.96. The van der Waals surface area contributed by atoms with Crippen LogP contribution in [0.15, 0.2) is 24.3 Å². The molecule has 5 heteroatoms. The van der Waals surface area contributed by atoms with Crippen LogP contribution in [-0.2, 0) is 6.42 Å². The van der Waals surface area contributed by atoms with Gasteiger partial charge < -0.3 is 10.1 Å². The van der Waals surface area contributed by atoms with Crippen molar-refractivity contribution < 1.29 is 13.5 Å². The van der Waals surface area contributed by atoms with E-state index in [9.17, 15) is 8.78 Å². The lowest BCUT2D eigenvalue weighted by Gasteiger charge is -2.18. The van der Waals surface area contributed by atoms with Crippen molar-refractivity contribution in [3.05, 3.63) is 29.8 Å². The normalized spacial score (nSPS) is 17.8. The predicted molar refractivity (Wildman–Crippen MR) is 84.3 cm³/mol. The number of aryl methyl sites for hydroxylation is 1. The summed E-state index contributed by atoms with van der Waals surface area (Å²) in [5.41, 5.74) is 1.15. The summed E-state index contributed by atoms with van der Waals surface area (Å²) in [7, 11) is 0. The number of thioether (sulfide) groups is 1. The first-order valence-corrected chi connectivity index (χ1v) is 8.58. The first-order chi connectivity index (χ1) is 10.0. The van der Waals surface area contributed by atoms with Crippen LogP contribution in [0.5, 0.6) is 5.75 Å². The molecular weight excluding hydrogens is 292 g/mol. The number of rotatable bonds is 9. The Kier molecular flexibility index (Phi) is 5.88. The number of alkyl halides is 2. The summed E-state index contributed by atoms with van der Waals surface area (Å²) in [6, 6.07) is 7.38. The third kappa shape index (κ3) is 5.47. The highest BCUT2D eigenvalue weighted by atomic mass is 32.2. The Balaban J connectivity index is 1.69. The average Bonchev–Trinajstić information content (AvgIpc) is 3.24. The van der Waals surface area contributed by atoms with Crippen molar-refractivity contribution in [2.45, 2.75) is 50.0 Å². The molecule has 0 aliphatic heterocycles. The van der Waals surface area contributed by atoms with Crippen molar-refractivity contribution >= 4 is 11.8 Å². The highest BCUT2D eigenvalue weighted by Gasteiger charge is 2.41. The number of nitrogens with one attached hydrogen (secondary N) is 1. The number of ether oxygens (including phenoxy) is 1. The van der Waals surface area contributed by atoms with Gasteiger partial charge >= 0.3 is 6.61 Å². The van der Waals surface area contributed by atoms with Crippen LogP contribution in [0.25, 0.3) is 0 Å². The predicted octanol–water partition coefficient (Wildman–Crippen LogP) is 4.09. The summed E-state index contributed by atoms with van der Waals surface area (Å²) in [6.07, 6.45) is 6.80. The van der Waals surface area contributed by atoms with Gasteiger partial charge in [0, 0.05) is 17.3 Å². The molecule has 0 amide bonds. The molecule has 21 heavy (non-hydrogen) atoms. The first kappa shape index (κ1) is 16.6. The van der Waals surface area contributed by atoms with E-state index >= 15 is 0 Å². The van der Waals surface area contributed by atoms with Gasteiger partial charge in [0.25, 0.3) is 0 Å². The van der Waals surface area contributed by atoms with Crippen molar-refractivity contribution in [3.8, 4) is 5.75 Å². The summed E-state index contributed by atoms with van der Waals surface area (Å²) < 4.78 is 28.9. The molecular formula is C16H23F2NOS. The summed E-state index contributed by atoms with van der Waals surface area (Å²) in [6.45, 7) is 0.521. The molecule has 0 aromatic heterocycles. The van der Waals surface area contributed by atoms with Crippen LogP contribution in [0.4, 0.5) is 8.78 Å². The molecule has 1 aliphatic rings. The minimum atomic E-state index is -2.76. The summed E-state index contributed by atoms with van der Waals surface area (Å²) in [5, 5.41) is 3.60. The fourth-order valence-electron chi connectivity index (χ4n) is 2.28. The maximum absolute atomic E-state index is 12.1. The lowest BCUT2D eigenvalue weighted by atomic mass is 10.1. The highest BCUT2D eigenvalue weighted by Crippen LogP contribution is 2.46. The van der Waals surface area contributed by atoms with Gasteiger partial charge in [-0.3, -0.25) is 0 Å². The molecule has 0 radical (unpaired) electrons. The van der Waals surface area contributed by atoms with Crippen LogP contribution in [0.1, 0.15) is 31.7 Å². The Labute approximate surface area is 129 Å². The number of hydrogen-bond acceptors (Lipinski definition) is 3. The Morgan fingerprint density at radius 2 is 1.95 bits per heavy atom. The van der Waals surface area contributed by atoms with Gasteiger partial charge in [0.05, 0.1) is 0 Å². The van der Waals surface area contributed by atoms with E-state index in [4.69, 9.17) is 0 Å². The van der Waals surface area contributed by atoms with Crippen molar-refractivity contribution in [2.24, 2.45) is 0 Å². The Morgan fingerprint density at radius 1 is 1.29 bits per heavy atom. The second kappa shape index (κ2) is 7.45. The number of benzene rings is 1. The third-order valence-corrected chi connectivity index (χ3v) is 5.45. The van der Waals surface area contributed by atoms with Crippen LogP contribution >= 0.6 is 11.8 Å². The summed E-state index contributed by atoms with van der Waals surface area (Å²) in [5.74, 6) is 0.218. The molecule has 0 saturated heterocycles. The van der Waals surface area contributed by atoms with Gasteiger partial charge in [-0.25, -0.2) is 0 Å². The molecule has 0 bridgehead atoms. The number of halogens is 2. The zero-order valence-corrected chi connectivity index (χ0v) is 13.4. The molecule has 1 N–H and O–H groups in total. The molecule has 1 aromatic carbocycles. The molecule has 1 saturated carbocycles. The van der Waals surface area contributed by atoms with Crippen molar-refractivity contribution in [1.82, 2.24) is 5.32 Å². The van der Waals surface area contributed by atoms with Crippen LogP contribution in [0.3, 0.4) is 0 Å². The van der Waals surface area contributed by atoms with Gasteiger partial charge in [-0.1, -0.05) is 12.1 Å². The van der Waals surface area contributed by atoms with E-state index < -0.39 is 6.61 Å². The van der Waals surface area contributed by atoms with E-state index in [-0.39, 0.29) is 5.75 Å². The monoisotopic (exact) mass is 315 g/mol. The highest BCUT2D eigenvalue weighted by molar-refractivity contribution is 8.00. The summed E-state index contributed by atoms with van der Waals surface area (Å²) in [4.78, 5) is 0. The quantitative estimate of drug-likeness (QED) is 0.741. The zero-order chi connectivity index (χ0) is 15.3. The molecule has 118 valence electrons. The van der Waals surface area contributed by atoms with E-state index in [1.807, 2.05) is 23.9 Å². The lowest BCUT2D eigenvalue weighted by molar-refractivity contribution is -0.0498. The molecule has 0 spiro atoms.